The van der Waals surface area contributed by atoms with E-state index in [-0.39, 0.29) is 12.2 Å². The van der Waals surface area contributed by atoms with Crippen LogP contribution in [-0.4, -0.2) is 33.5 Å². The fourth-order valence-electron chi connectivity index (χ4n) is 4.79. The molecule has 0 aliphatic rings. The van der Waals surface area contributed by atoms with E-state index in [2.05, 4.69) is 6.92 Å². The Morgan fingerprint density at radius 2 is 0.765 bits per heavy atom. The molecule has 0 saturated carbocycles. The molecule has 204 valence electrons. The first-order chi connectivity index (χ1) is 16.6. The van der Waals surface area contributed by atoms with Gasteiger partial charge in [-0.3, -0.25) is 4.79 Å². The topological polar surface area (TPSA) is 77.8 Å². The molecule has 2 unspecified atom stereocenters. The highest BCUT2D eigenvalue weighted by atomic mass is 16.4. The van der Waals surface area contributed by atoms with Gasteiger partial charge < -0.3 is 15.3 Å². The van der Waals surface area contributed by atoms with Gasteiger partial charge in [0.1, 0.15) is 0 Å². The summed E-state index contributed by atoms with van der Waals surface area (Å²) in [5.74, 6) is -0.671. The Morgan fingerprint density at radius 3 is 1.09 bits per heavy atom. The molecule has 0 aliphatic carbocycles. The average molecular weight is 485 g/mol. The summed E-state index contributed by atoms with van der Waals surface area (Å²) < 4.78 is 0. The first-order valence-corrected chi connectivity index (χ1v) is 15.1. The number of unbranched alkanes of at least 4 members (excludes halogenated alkanes) is 19. The number of hydrogen-bond donors (Lipinski definition) is 3. The highest BCUT2D eigenvalue weighted by Crippen LogP contribution is 2.17. The zero-order chi connectivity index (χ0) is 25.1. The summed E-state index contributed by atoms with van der Waals surface area (Å²) in [5.41, 5.74) is 0. The van der Waals surface area contributed by atoms with Crippen molar-refractivity contribution in [2.24, 2.45) is 0 Å². The molecule has 34 heavy (non-hydrogen) atoms. The number of hydrogen-bond acceptors (Lipinski definition) is 3. The number of carboxylic acids is 1. The fourth-order valence-corrected chi connectivity index (χ4v) is 4.79. The van der Waals surface area contributed by atoms with Crippen molar-refractivity contribution in [3.8, 4) is 0 Å². The van der Waals surface area contributed by atoms with Crippen LogP contribution in [-0.2, 0) is 4.79 Å². The van der Waals surface area contributed by atoms with Gasteiger partial charge >= 0.3 is 5.97 Å². The van der Waals surface area contributed by atoms with E-state index in [1.807, 2.05) is 0 Å². The zero-order valence-electron chi connectivity index (χ0n) is 22.8. The van der Waals surface area contributed by atoms with E-state index < -0.39 is 5.97 Å². The minimum Gasteiger partial charge on any atom is -0.481 e. The Labute approximate surface area is 212 Å². The van der Waals surface area contributed by atoms with Crippen LogP contribution in [0.3, 0.4) is 0 Å². The van der Waals surface area contributed by atoms with Crippen molar-refractivity contribution in [2.45, 2.75) is 186 Å². The van der Waals surface area contributed by atoms with Gasteiger partial charge in [-0.25, -0.2) is 0 Å². The van der Waals surface area contributed by atoms with Crippen molar-refractivity contribution in [2.75, 3.05) is 0 Å². The third-order valence-electron chi connectivity index (χ3n) is 7.15. The zero-order valence-corrected chi connectivity index (χ0v) is 22.8. The molecule has 0 radical (unpaired) electrons. The molecule has 3 N–H and O–H groups in total. The van der Waals surface area contributed by atoms with Crippen molar-refractivity contribution >= 4 is 5.97 Å². The summed E-state index contributed by atoms with van der Waals surface area (Å²) in [7, 11) is 0. The largest absolute Gasteiger partial charge is 0.481 e. The minimum absolute atomic E-state index is 0.230. The van der Waals surface area contributed by atoms with Crippen molar-refractivity contribution in [1.82, 2.24) is 0 Å². The van der Waals surface area contributed by atoms with Crippen LogP contribution in [0.1, 0.15) is 174 Å². The second-order valence-corrected chi connectivity index (χ2v) is 10.7. The van der Waals surface area contributed by atoms with Gasteiger partial charge in [0.2, 0.25) is 0 Å². The Hall–Kier alpha value is -0.610. The van der Waals surface area contributed by atoms with Gasteiger partial charge in [0.25, 0.3) is 0 Å². The van der Waals surface area contributed by atoms with E-state index in [4.69, 9.17) is 5.11 Å². The molecule has 0 saturated heterocycles. The lowest BCUT2D eigenvalue weighted by molar-refractivity contribution is -0.137. The van der Waals surface area contributed by atoms with Crippen molar-refractivity contribution in [1.29, 1.82) is 0 Å². The SMILES string of the molecule is CCCCCCCCCCC(O)CCC(O)CCCCCCCCCCCCCCCC(=O)O. The summed E-state index contributed by atoms with van der Waals surface area (Å²) in [6, 6.07) is 0. The van der Waals surface area contributed by atoms with Crippen LogP contribution in [0.15, 0.2) is 0 Å². The smallest absolute Gasteiger partial charge is 0.303 e. The first-order valence-electron chi connectivity index (χ1n) is 15.1. The van der Waals surface area contributed by atoms with Crippen molar-refractivity contribution < 1.29 is 20.1 Å². The van der Waals surface area contributed by atoms with Crippen LogP contribution in [0, 0.1) is 0 Å². The first kappa shape index (κ1) is 33.4. The molecule has 0 aliphatic heterocycles. The Kier molecular flexibility index (Phi) is 26.5. The third kappa shape index (κ3) is 27.6. The molecule has 4 heteroatoms. The molecule has 0 heterocycles. The standard InChI is InChI=1S/C30H60O4/c1-2-3-4-5-6-14-17-20-23-28(31)26-27-29(32)24-21-18-15-12-10-8-7-9-11-13-16-19-22-25-30(33)34/h28-29,31-32H,2-27H2,1H3,(H,33,34). The van der Waals surface area contributed by atoms with Crippen LogP contribution >= 0.6 is 0 Å². The maximum Gasteiger partial charge on any atom is 0.303 e. The van der Waals surface area contributed by atoms with E-state index in [0.717, 1.165) is 51.4 Å². The maximum absolute atomic E-state index is 10.4. The summed E-state index contributed by atoms with van der Waals surface area (Å²) in [5, 5.41) is 28.9. The Bertz CT molecular complexity index is 413. The Balaban J connectivity index is 3.27. The van der Waals surface area contributed by atoms with Gasteiger partial charge in [-0.05, 0) is 32.1 Å². The van der Waals surface area contributed by atoms with Crippen molar-refractivity contribution in [3.05, 3.63) is 0 Å². The lowest BCUT2D eigenvalue weighted by atomic mass is 9.99. The highest BCUT2D eigenvalue weighted by Gasteiger charge is 2.09. The van der Waals surface area contributed by atoms with E-state index in [9.17, 15) is 15.0 Å². The molecule has 0 aromatic rings. The number of aliphatic carboxylic acids is 1. The van der Waals surface area contributed by atoms with Gasteiger partial charge in [0.05, 0.1) is 12.2 Å². The van der Waals surface area contributed by atoms with Crippen LogP contribution < -0.4 is 0 Å². The van der Waals surface area contributed by atoms with Gasteiger partial charge in [-0.2, -0.15) is 0 Å². The van der Waals surface area contributed by atoms with E-state index >= 15 is 0 Å². The van der Waals surface area contributed by atoms with Gasteiger partial charge in [-0.1, -0.05) is 135 Å². The number of rotatable bonds is 28. The van der Waals surface area contributed by atoms with Gasteiger partial charge in [0.15, 0.2) is 0 Å². The predicted octanol–water partition coefficient (Wildman–Crippen LogP) is 8.96. The molecular formula is C30H60O4. The number of carbonyl (C=O) groups is 1. The molecule has 0 bridgehead atoms. The van der Waals surface area contributed by atoms with Crippen LogP contribution in [0.5, 0.6) is 0 Å². The van der Waals surface area contributed by atoms with Gasteiger partial charge in [-0.15, -0.1) is 0 Å². The number of carboxylic acid groups (broad SMARTS) is 1. The highest BCUT2D eigenvalue weighted by molar-refractivity contribution is 5.66. The maximum atomic E-state index is 10.4. The third-order valence-corrected chi connectivity index (χ3v) is 7.15. The summed E-state index contributed by atoms with van der Waals surface area (Å²) in [4.78, 5) is 10.4. The fraction of sp³-hybridized carbons (Fsp3) is 0.967. The Morgan fingerprint density at radius 1 is 0.471 bits per heavy atom. The van der Waals surface area contributed by atoms with E-state index in [1.165, 1.54) is 109 Å². The van der Waals surface area contributed by atoms with Crippen molar-refractivity contribution in [3.63, 3.8) is 0 Å². The molecule has 0 aromatic carbocycles. The summed E-state index contributed by atoms with van der Waals surface area (Å²) in [6.45, 7) is 2.25. The van der Waals surface area contributed by atoms with Crippen LogP contribution in [0.25, 0.3) is 0 Å². The predicted molar refractivity (Wildman–Crippen MR) is 145 cm³/mol. The molecular weight excluding hydrogens is 424 g/mol. The average Bonchev–Trinajstić information content (AvgIpc) is 2.81. The van der Waals surface area contributed by atoms with Crippen LogP contribution in [0.4, 0.5) is 0 Å². The lowest BCUT2D eigenvalue weighted by Gasteiger charge is -2.14. The summed E-state index contributed by atoms with van der Waals surface area (Å²) >= 11 is 0. The molecule has 0 rings (SSSR count). The second-order valence-electron chi connectivity index (χ2n) is 10.7. The lowest BCUT2D eigenvalue weighted by Crippen LogP contribution is -2.13. The van der Waals surface area contributed by atoms with E-state index in [1.54, 1.807) is 0 Å². The number of aliphatic hydroxyl groups excluding tert-OH is 2. The van der Waals surface area contributed by atoms with E-state index in [0.29, 0.717) is 6.42 Å². The molecule has 0 amide bonds. The molecule has 2 atom stereocenters. The van der Waals surface area contributed by atoms with Crippen LogP contribution in [0.2, 0.25) is 0 Å². The minimum atomic E-state index is -0.671. The molecule has 0 aromatic heterocycles. The second kappa shape index (κ2) is 27.0. The quantitative estimate of drug-likeness (QED) is 0.0968. The molecule has 0 spiro atoms. The molecule has 4 nitrogen and oxygen atoms in total. The number of aliphatic hydroxyl groups is 2. The molecule has 0 fully saturated rings. The monoisotopic (exact) mass is 484 g/mol. The van der Waals surface area contributed by atoms with Gasteiger partial charge in [0, 0.05) is 6.42 Å². The normalized spacial score (nSPS) is 13.3. The summed E-state index contributed by atoms with van der Waals surface area (Å²) in [6.07, 6.45) is 29.4.